The monoisotopic (exact) mass is 350 g/mol. The van der Waals surface area contributed by atoms with Crippen molar-refractivity contribution in [1.82, 2.24) is 10.2 Å². The summed E-state index contributed by atoms with van der Waals surface area (Å²) in [7, 11) is 1.71. The molecule has 1 fully saturated rings. The van der Waals surface area contributed by atoms with Gasteiger partial charge in [-0.15, -0.1) is 12.4 Å². The Bertz CT molecular complexity index is 482. The maximum atomic E-state index is 12.1. The highest BCUT2D eigenvalue weighted by atomic mass is 35.5. The molecule has 130 valence electrons. The standard InChI is InChI=1S/C15H20F2N2O3.ClH/c1-19(14(20)8-13-9-18-6-7-21-13)10-11-2-4-12(5-3-11)22-15(16)17;/h2-5,13,15,18H,6-10H2,1H3;1H. The van der Waals surface area contributed by atoms with E-state index >= 15 is 0 Å². The maximum Gasteiger partial charge on any atom is 0.387 e. The molecule has 1 aliphatic rings. The first-order valence-electron chi connectivity index (χ1n) is 7.14. The maximum absolute atomic E-state index is 12.1. The van der Waals surface area contributed by atoms with Crippen molar-refractivity contribution in [2.24, 2.45) is 0 Å². The van der Waals surface area contributed by atoms with Crippen LogP contribution in [-0.4, -0.2) is 50.3 Å². The summed E-state index contributed by atoms with van der Waals surface area (Å²) < 4.78 is 33.9. The molecule has 0 aromatic heterocycles. The van der Waals surface area contributed by atoms with E-state index < -0.39 is 6.61 Å². The number of carbonyl (C=O) groups is 1. The van der Waals surface area contributed by atoms with E-state index in [0.29, 0.717) is 26.1 Å². The second-order valence-electron chi connectivity index (χ2n) is 5.17. The number of ether oxygens (including phenoxy) is 2. The van der Waals surface area contributed by atoms with E-state index in [-0.39, 0.29) is 30.2 Å². The van der Waals surface area contributed by atoms with Crippen LogP contribution < -0.4 is 10.1 Å². The first-order valence-corrected chi connectivity index (χ1v) is 7.14. The summed E-state index contributed by atoms with van der Waals surface area (Å²) in [4.78, 5) is 13.7. The number of nitrogens with one attached hydrogen (secondary N) is 1. The van der Waals surface area contributed by atoms with Gasteiger partial charge in [-0.05, 0) is 17.7 Å². The predicted molar refractivity (Wildman–Crippen MR) is 84.0 cm³/mol. The normalized spacial score (nSPS) is 17.5. The Labute approximate surface area is 140 Å². The quantitative estimate of drug-likeness (QED) is 0.853. The Morgan fingerprint density at radius 1 is 1.43 bits per heavy atom. The lowest BCUT2D eigenvalue weighted by molar-refractivity contribution is -0.133. The lowest BCUT2D eigenvalue weighted by Gasteiger charge is -2.25. The van der Waals surface area contributed by atoms with E-state index in [1.165, 1.54) is 12.1 Å². The summed E-state index contributed by atoms with van der Waals surface area (Å²) in [6, 6.07) is 6.27. The minimum absolute atomic E-state index is 0. The number of carbonyl (C=O) groups excluding carboxylic acids is 1. The molecule has 23 heavy (non-hydrogen) atoms. The fourth-order valence-electron chi connectivity index (χ4n) is 2.24. The van der Waals surface area contributed by atoms with Gasteiger partial charge >= 0.3 is 6.61 Å². The number of halogens is 3. The summed E-state index contributed by atoms with van der Waals surface area (Å²) in [6.07, 6.45) is 0.237. The first kappa shape index (κ1) is 19.6. The van der Waals surface area contributed by atoms with Crippen molar-refractivity contribution in [1.29, 1.82) is 0 Å². The summed E-state index contributed by atoms with van der Waals surface area (Å²) in [5.74, 6) is 0.0935. The number of rotatable bonds is 6. The van der Waals surface area contributed by atoms with Gasteiger partial charge < -0.3 is 19.7 Å². The van der Waals surface area contributed by atoms with Crippen LogP contribution in [0.5, 0.6) is 5.75 Å². The third kappa shape index (κ3) is 6.68. The van der Waals surface area contributed by atoms with Crippen LogP contribution in [0, 0.1) is 0 Å². The molecule has 1 saturated heterocycles. The van der Waals surface area contributed by atoms with Crippen LogP contribution in [0.15, 0.2) is 24.3 Å². The third-order valence-corrected chi connectivity index (χ3v) is 3.40. The third-order valence-electron chi connectivity index (χ3n) is 3.40. The molecule has 1 N–H and O–H groups in total. The zero-order valence-corrected chi connectivity index (χ0v) is 13.7. The largest absolute Gasteiger partial charge is 0.435 e. The molecular formula is C15H21ClF2N2O3. The van der Waals surface area contributed by atoms with Crippen LogP contribution in [0.2, 0.25) is 0 Å². The Kier molecular flexibility index (Phi) is 8.22. The molecule has 0 spiro atoms. The van der Waals surface area contributed by atoms with Gasteiger partial charge in [0.25, 0.3) is 0 Å². The van der Waals surface area contributed by atoms with Gasteiger partial charge in [-0.25, -0.2) is 0 Å². The van der Waals surface area contributed by atoms with Crippen molar-refractivity contribution in [3.05, 3.63) is 29.8 Å². The van der Waals surface area contributed by atoms with Gasteiger partial charge in [-0.1, -0.05) is 12.1 Å². The highest BCUT2D eigenvalue weighted by Crippen LogP contribution is 2.16. The van der Waals surface area contributed by atoms with E-state index in [2.05, 4.69) is 10.1 Å². The van der Waals surface area contributed by atoms with Crippen molar-refractivity contribution in [3.63, 3.8) is 0 Å². The smallest absolute Gasteiger partial charge is 0.387 e. The van der Waals surface area contributed by atoms with E-state index in [1.807, 2.05) is 0 Å². The Morgan fingerprint density at radius 3 is 2.70 bits per heavy atom. The summed E-state index contributed by atoms with van der Waals surface area (Å²) in [5.41, 5.74) is 0.847. The molecule has 1 heterocycles. The van der Waals surface area contributed by atoms with E-state index in [1.54, 1.807) is 24.1 Å². The van der Waals surface area contributed by atoms with Crippen LogP contribution in [-0.2, 0) is 16.1 Å². The summed E-state index contributed by atoms with van der Waals surface area (Å²) >= 11 is 0. The topological polar surface area (TPSA) is 50.8 Å². The second kappa shape index (κ2) is 9.64. The molecule has 1 amide bonds. The molecule has 1 atom stereocenters. The van der Waals surface area contributed by atoms with Crippen molar-refractivity contribution >= 4 is 18.3 Å². The minimum atomic E-state index is -2.83. The van der Waals surface area contributed by atoms with Crippen molar-refractivity contribution in [2.45, 2.75) is 25.7 Å². The number of alkyl halides is 2. The van der Waals surface area contributed by atoms with Crippen LogP contribution in [0.1, 0.15) is 12.0 Å². The number of benzene rings is 1. The van der Waals surface area contributed by atoms with Crippen molar-refractivity contribution in [2.75, 3.05) is 26.7 Å². The average Bonchev–Trinajstić information content (AvgIpc) is 2.49. The molecule has 1 aromatic rings. The van der Waals surface area contributed by atoms with Crippen LogP contribution in [0.4, 0.5) is 8.78 Å². The van der Waals surface area contributed by atoms with Crippen LogP contribution in [0.25, 0.3) is 0 Å². The van der Waals surface area contributed by atoms with Gasteiger partial charge in [0.1, 0.15) is 5.75 Å². The molecule has 0 saturated carbocycles. The molecule has 2 rings (SSSR count). The molecule has 0 aliphatic carbocycles. The van der Waals surface area contributed by atoms with Gasteiger partial charge in [-0.3, -0.25) is 4.79 Å². The van der Waals surface area contributed by atoms with Gasteiger partial charge in [0.2, 0.25) is 5.91 Å². The van der Waals surface area contributed by atoms with Gasteiger partial charge in [0.15, 0.2) is 0 Å². The van der Waals surface area contributed by atoms with Crippen LogP contribution in [0.3, 0.4) is 0 Å². The number of hydrogen-bond acceptors (Lipinski definition) is 4. The van der Waals surface area contributed by atoms with Gasteiger partial charge in [0, 0.05) is 26.7 Å². The Hall–Kier alpha value is -1.44. The average molecular weight is 351 g/mol. The Morgan fingerprint density at radius 2 is 2.13 bits per heavy atom. The predicted octanol–water partition coefficient (Wildman–Crippen LogP) is 2.05. The first-order chi connectivity index (χ1) is 10.5. The fraction of sp³-hybridized carbons (Fsp3) is 0.533. The van der Waals surface area contributed by atoms with Crippen LogP contribution >= 0.6 is 12.4 Å². The molecule has 1 aliphatic heterocycles. The van der Waals surface area contributed by atoms with E-state index in [0.717, 1.165) is 12.1 Å². The number of amides is 1. The molecule has 8 heteroatoms. The highest BCUT2D eigenvalue weighted by Gasteiger charge is 2.19. The highest BCUT2D eigenvalue weighted by molar-refractivity contribution is 5.85. The van der Waals surface area contributed by atoms with Gasteiger partial charge in [0.05, 0.1) is 19.1 Å². The molecule has 0 radical (unpaired) electrons. The SMILES string of the molecule is CN(Cc1ccc(OC(F)F)cc1)C(=O)CC1CNCCO1.Cl. The zero-order valence-electron chi connectivity index (χ0n) is 12.8. The molecule has 1 aromatic carbocycles. The molecule has 0 bridgehead atoms. The second-order valence-corrected chi connectivity index (χ2v) is 5.17. The molecule has 5 nitrogen and oxygen atoms in total. The number of morpholine rings is 1. The number of nitrogens with zero attached hydrogens (tertiary/aromatic N) is 1. The molecule has 1 unspecified atom stereocenters. The fourth-order valence-corrected chi connectivity index (χ4v) is 2.24. The van der Waals surface area contributed by atoms with Crippen molar-refractivity contribution < 1.29 is 23.0 Å². The zero-order chi connectivity index (χ0) is 15.9. The van der Waals surface area contributed by atoms with Crippen molar-refractivity contribution in [3.8, 4) is 5.75 Å². The Balaban J connectivity index is 0.00000264. The summed E-state index contributed by atoms with van der Waals surface area (Å²) in [5, 5.41) is 3.18. The van der Waals surface area contributed by atoms with Gasteiger partial charge in [-0.2, -0.15) is 8.78 Å². The van der Waals surface area contributed by atoms with E-state index in [4.69, 9.17) is 4.74 Å². The lowest BCUT2D eigenvalue weighted by atomic mass is 10.1. The lowest BCUT2D eigenvalue weighted by Crippen LogP contribution is -2.41. The van der Waals surface area contributed by atoms with E-state index in [9.17, 15) is 13.6 Å². The minimum Gasteiger partial charge on any atom is -0.435 e. The number of hydrogen-bond donors (Lipinski definition) is 1. The molecular weight excluding hydrogens is 330 g/mol. The summed E-state index contributed by atoms with van der Waals surface area (Å²) in [6.45, 7) is -0.312.